The van der Waals surface area contributed by atoms with Crippen LogP contribution in [0.15, 0.2) is 59.7 Å². The molecule has 1 unspecified atom stereocenters. The lowest BCUT2D eigenvalue weighted by Gasteiger charge is -2.24. The van der Waals surface area contributed by atoms with Crippen LogP contribution in [0.5, 0.6) is 0 Å². The summed E-state index contributed by atoms with van der Waals surface area (Å²) in [5, 5.41) is 0. The largest absolute Gasteiger partial charge is 0.383 e. The van der Waals surface area contributed by atoms with E-state index in [1.165, 1.54) is 30.5 Å². The third kappa shape index (κ3) is 4.46. The highest BCUT2D eigenvalue weighted by atomic mass is 19.2. The molecule has 1 aromatic heterocycles. The molecule has 166 valence electrons. The Bertz CT molecular complexity index is 1120. The van der Waals surface area contributed by atoms with Gasteiger partial charge in [0.15, 0.2) is 17.5 Å². The normalized spacial score (nSPS) is 15.7. The number of aromatic nitrogens is 1. The number of halogens is 2. The van der Waals surface area contributed by atoms with Gasteiger partial charge in [-0.3, -0.25) is 4.90 Å². The molecule has 0 aliphatic carbocycles. The molecule has 0 bridgehead atoms. The fourth-order valence-electron chi connectivity index (χ4n) is 3.99. The van der Waals surface area contributed by atoms with E-state index in [4.69, 9.17) is 11.6 Å². The second-order valence-corrected chi connectivity index (χ2v) is 7.88. The number of hydrogen-bond acceptors (Lipinski definition) is 5. The number of amidine groups is 1. The molecule has 0 radical (unpaired) electrons. The van der Waals surface area contributed by atoms with Crippen LogP contribution in [0.25, 0.3) is 11.1 Å². The average molecular weight is 437 g/mol. The van der Waals surface area contributed by atoms with E-state index in [1.54, 1.807) is 12.3 Å². The summed E-state index contributed by atoms with van der Waals surface area (Å²) in [5.41, 5.74) is 11.7. The van der Waals surface area contributed by atoms with E-state index in [1.807, 2.05) is 12.1 Å². The molecule has 1 aliphatic rings. The average Bonchev–Trinajstić information content (AvgIpc) is 3.35. The first-order chi connectivity index (χ1) is 15.5. The fourth-order valence-corrected chi connectivity index (χ4v) is 3.99. The van der Waals surface area contributed by atoms with Crippen LogP contribution in [0, 0.1) is 11.6 Å². The van der Waals surface area contributed by atoms with Crippen molar-refractivity contribution in [3.05, 3.63) is 77.5 Å². The lowest BCUT2D eigenvalue weighted by Crippen LogP contribution is -2.31. The van der Waals surface area contributed by atoms with Gasteiger partial charge in [0.2, 0.25) is 0 Å². The minimum absolute atomic E-state index is 0.0839. The highest BCUT2D eigenvalue weighted by molar-refractivity contribution is 6.04. The van der Waals surface area contributed by atoms with Gasteiger partial charge in [-0.25, -0.2) is 24.6 Å². The van der Waals surface area contributed by atoms with E-state index >= 15 is 0 Å². The van der Waals surface area contributed by atoms with E-state index in [9.17, 15) is 8.78 Å². The van der Waals surface area contributed by atoms with Crippen molar-refractivity contribution < 1.29 is 8.78 Å². The standard InChI is InChI=1S/C24H26F2N6/c1-15(32-11-2-3-12-32)16-7-9-17(10-8-16)18-13-19(23(27)29-14-18)24(31-28)30-21-6-4-5-20(25)22(21)26/h4-10,13-15H,2-3,11-12,28H2,1H3,(H2,27,29)(H,30,31). The number of nitrogens with two attached hydrogens (primary N) is 2. The maximum Gasteiger partial charge on any atom is 0.184 e. The number of likely N-dealkylation sites (tertiary alicyclic amines) is 1. The number of benzene rings is 2. The summed E-state index contributed by atoms with van der Waals surface area (Å²) in [6.45, 7) is 4.49. The van der Waals surface area contributed by atoms with E-state index in [-0.39, 0.29) is 17.3 Å². The molecule has 6 nitrogen and oxygen atoms in total. The number of rotatable bonds is 5. The third-order valence-corrected chi connectivity index (χ3v) is 5.89. The van der Waals surface area contributed by atoms with Crippen LogP contribution in [0.3, 0.4) is 0 Å². The molecule has 0 amide bonds. The van der Waals surface area contributed by atoms with Crippen LogP contribution in [0.4, 0.5) is 20.3 Å². The van der Waals surface area contributed by atoms with Gasteiger partial charge in [0.1, 0.15) is 11.5 Å². The number of hydrazine groups is 1. The molecule has 2 heterocycles. The van der Waals surface area contributed by atoms with Gasteiger partial charge in [-0.15, -0.1) is 0 Å². The fraction of sp³-hybridized carbons (Fsp3) is 0.250. The number of hydrogen-bond donors (Lipinski definition) is 3. The third-order valence-electron chi connectivity index (χ3n) is 5.89. The summed E-state index contributed by atoms with van der Waals surface area (Å²) in [5.74, 6) is 3.82. The summed E-state index contributed by atoms with van der Waals surface area (Å²) < 4.78 is 27.6. The molecule has 4 rings (SSSR count). The summed E-state index contributed by atoms with van der Waals surface area (Å²) in [6, 6.07) is 14.2. The van der Waals surface area contributed by atoms with Crippen LogP contribution in [-0.4, -0.2) is 28.8 Å². The van der Waals surface area contributed by atoms with Gasteiger partial charge in [-0.1, -0.05) is 30.3 Å². The monoisotopic (exact) mass is 436 g/mol. The quantitative estimate of drug-likeness (QED) is 0.240. The Balaban J connectivity index is 1.64. The van der Waals surface area contributed by atoms with E-state index in [0.29, 0.717) is 11.6 Å². The van der Waals surface area contributed by atoms with Gasteiger partial charge in [-0.05, 0) is 62.2 Å². The Morgan fingerprint density at radius 1 is 1.09 bits per heavy atom. The van der Waals surface area contributed by atoms with Gasteiger partial charge in [-0.2, -0.15) is 0 Å². The first-order valence-electron chi connectivity index (χ1n) is 10.6. The number of nitrogens with zero attached hydrogens (tertiary/aromatic N) is 3. The van der Waals surface area contributed by atoms with Crippen molar-refractivity contribution in [2.75, 3.05) is 18.8 Å². The van der Waals surface area contributed by atoms with Gasteiger partial charge in [0.05, 0.1) is 5.56 Å². The lowest BCUT2D eigenvalue weighted by molar-refractivity contribution is 0.263. The number of anilines is 1. The van der Waals surface area contributed by atoms with E-state index in [2.05, 4.69) is 39.4 Å². The molecule has 0 saturated carbocycles. The number of nitrogens with one attached hydrogen (secondary N) is 1. The van der Waals surface area contributed by atoms with Crippen LogP contribution in [0.1, 0.15) is 36.9 Å². The first kappa shape index (κ1) is 21.9. The first-order valence-corrected chi connectivity index (χ1v) is 10.6. The minimum atomic E-state index is -1.06. The Morgan fingerprint density at radius 3 is 2.50 bits per heavy atom. The molecular weight excluding hydrogens is 410 g/mol. The van der Waals surface area contributed by atoms with Crippen molar-refractivity contribution in [1.82, 2.24) is 15.3 Å². The van der Waals surface area contributed by atoms with Crippen LogP contribution in [0.2, 0.25) is 0 Å². The molecule has 2 aromatic carbocycles. The number of pyridine rings is 1. The van der Waals surface area contributed by atoms with Crippen molar-refractivity contribution >= 4 is 17.3 Å². The number of nitrogen functional groups attached to an aromatic ring is 1. The molecule has 0 spiro atoms. The topological polar surface area (TPSA) is 92.6 Å². The minimum Gasteiger partial charge on any atom is -0.383 e. The van der Waals surface area contributed by atoms with Crippen LogP contribution in [-0.2, 0) is 0 Å². The van der Waals surface area contributed by atoms with E-state index in [0.717, 1.165) is 30.3 Å². The molecule has 5 N–H and O–H groups in total. The SMILES string of the molecule is CC(c1ccc(-c2cnc(N)c(C(=Nc3cccc(F)c3F)NN)c2)cc1)N1CCCC1. The molecule has 1 atom stereocenters. The zero-order valence-corrected chi connectivity index (χ0v) is 17.9. The second-order valence-electron chi connectivity index (χ2n) is 7.88. The Kier molecular flexibility index (Phi) is 6.43. The molecule has 1 saturated heterocycles. The predicted octanol–water partition coefficient (Wildman–Crippen LogP) is 4.31. The zero-order valence-electron chi connectivity index (χ0n) is 17.9. The van der Waals surface area contributed by atoms with Gasteiger partial charge >= 0.3 is 0 Å². The van der Waals surface area contributed by atoms with Crippen molar-refractivity contribution in [1.29, 1.82) is 0 Å². The predicted molar refractivity (Wildman–Crippen MR) is 123 cm³/mol. The number of aliphatic imine (C=N–C) groups is 1. The van der Waals surface area contributed by atoms with Gasteiger partial charge in [0, 0.05) is 17.8 Å². The summed E-state index contributed by atoms with van der Waals surface area (Å²) in [4.78, 5) is 10.9. The smallest absolute Gasteiger partial charge is 0.184 e. The summed E-state index contributed by atoms with van der Waals surface area (Å²) >= 11 is 0. The lowest BCUT2D eigenvalue weighted by atomic mass is 10.0. The van der Waals surface area contributed by atoms with Crippen molar-refractivity contribution in [2.24, 2.45) is 10.8 Å². The Hall–Kier alpha value is -3.36. The molecule has 1 aliphatic heterocycles. The van der Waals surface area contributed by atoms with Gasteiger partial charge < -0.3 is 11.2 Å². The van der Waals surface area contributed by atoms with Crippen molar-refractivity contribution in [3.8, 4) is 11.1 Å². The highest BCUT2D eigenvalue weighted by Gasteiger charge is 2.19. The zero-order chi connectivity index (χ0) is 22.7. The summed E-state index contributed by atoms with van der Waals surface area (Å²) in [7, 11) is 0. The highest BCUT2D eigenvalue weighted by Crippen LogP contribution is 2.28. The maximum atomic E-state index is 14.1. The van der Waals surface area contributed by atoms with Crippen molar-refractivity contribution in [2.45, 2.75) is 25.8 Å². The van der Waals surface area contributed by atoms with Gasteiger partial charge in [0.25, 0.3) is 0 Å². The molecule has 3 aromatic rings. The molecule has 32 heavy (non-hydrogen) atoms. The Morgan fingerprint density at radius 2 is 1.81 bits per heavy atom. The Labute approximate surface area is 186 Å². The molecule has 1 fully saturated rings. The van der Waals surface area contributed by atoms with Crippen LogP contribution >= 0.6 is 0 Å². The molecule has 8 heteroatoms. The summed E-state index contributed by atoms with van der Waals surface area (Å²) in [6.07, 6.45) is 4.16. The van der Waals surface area contributed by atoms with Crippen LogP contribution < -0.4 is 17.0 Å². The van der Waals surface area contributed by atoms with Crippen molar-refractivity contribution in [3.63, 3.8) is 0 Å². The van der Waals surface area contributed by atoms with E-state index < -0.39 is 11.6 Å². The molecular formula is C24H26F2N6. The second kappa shape index (κ2) is 9.42. The maximum absolute atomic E-state index is 14.1.